The van der Waals surface area contributed by atoms with Crippen molar-refractivity contribution in [3.05, 3.63) is 53.3 Å². The molecule has 3 aromatic rings. The van der Waals surface area contributed by atoms with Gasteiger partial charge in [0.25, 0.3) is 5.91 Å². The average Bonchev–Trinajstić information content (AvgIpc) is 3.10. The van der Waals surface area contributed by atoms with Crippen molar-refractivity contribution in [2.24, 2.45) is 0 Å². The Balaban J connectivity index is 1.66. The molecular weight excluding hydrogens is 318 g/mol. The van der Waals surface area contributed by atoms with E-state index in [1.165, 1.54) is 0 Å². The Morgan fingerprint density at radius 1 is 1.16 bits per heavy atom. The maximum Gasteiger partial charge on any atom is 0.251 e. The van der Waals surface area contributed by atoms with Crippen LogP contribution in [0.2, 0.25) is 0 Å². The second-order valence-corrected chi connectivity index (χ2v) is 5.77. The SMILES string of the molecule is COc1cc(CCNC(=O)c2ccc3nc[nH]c3c2)c(OC)cc1C. The Bertz CT molecular complexity index is 902. The maximum atomic E-state index is 12.3. The second-order valence-electron chi connectivity index (χ2n) is 5.77. The van der Waals surface area contributed by atoms with Gasteiger partial charge in [-0.3, -0.25) is 4.79 Å². The zero-order chi connectivity index (χ0) is 17.8. The van der Waals surface area contributed by atoms with Crippen LogP contribution in [0.5, 0.6) is 11.5 Å². The first kappa shape index (κ1) is 16.8. The number of amides is 1. The van der Waals surface area contributed by atoms with Crippen LogP contribution >= 0.6 is 0 Å². The molecule has 2 aromatic carbocycles. The van der Waals surface area contributed by atoms with Crippen molar-refractivity contribution in [1.29, 1.82) is 0 Å². The monoisotopic (exact) mass is 339 g/mol. The highest BCUT2D eigenvalue weighted by Gasteiger charge is 2.11. The third-order valence-electron chi connectivity index (χ3n) is 4.16. The molecule has 0 radical (unpaired) electrons. The number of hydrogen-bond donors (Lipinski definition) is 2. The van der Waals surface area contributed by atoms with E-state index in [1.807, 2.05) is 25.1 Å². The third-order valence-corrected chi connectivity index (χ3v) is 4.16. The average molecular weight is 339 g/mol. The summed E-state index contributed by atoms with van der Waals surface area (Å²) in [5.74, 6) is 1.49. The number of H-pyrrole nitrogens is 1. The van der Waals surface area contributed by atoms with Crippen molar-refractivity contribution in [1.82, 2.24) is 15.3 Å². The number of nitrogens with one attached hydrogen (secondary N) is 2. The number of aryl methyl sites for hydroxylation is 1. The molecule has 25 heavy (non-hydrogen) atoms. The lowest BCUT2D eigenvalue weighted by Gasteiger charge is -2.13. The van der Waals surface area contributed by atoms with Gasteiger partial charge in [-0.05, 0) is 54.8 Å². The highest BCUT2D eigenvalue weighted by molar-refractivity contribution is 5.97. The maximum absolute atomic E-state index is 12.3. The summed E-state index contributed by atoms with van der Waals surface area (Å²) in [4.78, 5) is 19.5. The van der Waals surface area contributed by atoms with Gasteiger partial charge in [0.15, 0.2) is 0 Å². The van der Waals surface area contributed by atoms with Gasteiger partial charge in [0.2, 0.25) is 0 Å². The summed E-state index contributed by atoms with van der Waals surface area (Å²) in [6, 6.07) is 9.30. The predicted octanol–water partition coefficient (Wildman–Crippen LogP) is 2.86. The van der Waals surface area contributed by atoms with Crippen molar-refractivity contribution in [3.8, 4) is 11.5 Å². The van der Waals surface area contributed by atoms with E-state index < -0.39 is 0 Å². The molecule has 6 nitrogen and oxygen atoms in total. The van der Waals surface area contributed by atoms with Crippen LogP contribution < -0.4 is 14.8 Å². The lowest BCUT2D eigenvalue weighted by atomic mass is 10.1. The molecule has 0 unspecified atom stereocenters. The van der Waals surface area contributed by atoms with E-state index in [4.69, 9.17) is 9.47 Å². The first-order chi connectivity index (χ1) is 12.1. The summed E-state index contributed by atoms with van der Waals surface area (Å²) < 4.78 is 10.8. The van der Waals surface area contributed by atoms with Crippen LogP contribution in [0.1, 0.15) is 21.5 Å². The molecule has 0 bridgehead atoms. The van der Waals surface area contributed by atoms with Gasteiger partial charge in [-0.25, -0.2) is 4.98 Å². The van der Waals surface area contributed by atoms with Crippen LogP contribution in [-0.2, 0) is 6.42 Å². The molecule has 0 atom stereocenters. The van der Waals surface area contributed by atoms with Gasteiger partial charge in [0.05, 0.1) is 31.6 Å². The molecule has 0 aliphatic heterocycles. The molecule has 0 spiro atoms. The van der Waals surface area contributed by atoms with Crippen molar-refractivity contribution >= 4 is 16.9 Å². The number of carbonyl (C=O) groups is 1. The molecular formula is C19H21N3O3. The molecule has 0 aliphatic carbocycles. The molecule has 6 heteroatoms. The van der Waals surface area contributed by atoms with E-state index in [-0.39, 0.29) is 5.91 Å². The van der Waals surface area contributed by atoms with Gasteiger partial charge in [0, 0.05) is 12.1 Å². The number of benzene rings is 2. The number of carbonyl (C=O) groups excluding carboxylic acids is 1. The van der Waals surface area contributed by atoms with Crippen LogP contribution in [0.25, 0.3) is 11.0 Å². The standard InChI is InChI=1S/C19H21N3O3/c1-12-8-18(25-3)13(10-17(12)24-2)6-7-20-19(23)14-4-5-15-16(9-14)22-11-21-15/h4-5,8-11H,6-7H2,1-3H3,(H,20,23)(H,21,22). The number of imidazole rings is 1. The predicted molar refractivity (Wildman–Crippen MR) is 96.4 cm³/mol. The summed E-state index contributed by atoms with van der Waals surface area (Å²) in [5.41, 5.74) is 4.30. The molecule has 1 amide bonds. The highest BCUT2D eigenvalue weighted by atomic mass is 16.5. The van der Waals surface area contributed by atoms with E-state index in [0.717, 1.165) is 33.7 Å². The van der Waals surface area contributed by atoms with E-state index in [9.17, 15) is 4.79 Å². The first-order valence-electron chi connectivity index (χ1n) is 8.05. The topological polar surface area (TPSA) is 76.2 Å². The van der Waals surface area contributed by atoms with Crippen molar-refractivity contribution < 1.29 is 14.3 Å². The Kier molecular flexibility index (Phi) is 4.88. The summed E-state index contributed by atoms with van der Waals surface area (Å²) >= 11 is 0. The number of nitrogens with zero attached hydrogens (tertiary/aromatic N) is 1. The zero-order valence-electron chi connectivity index (χ0n) is 14.6. The van der Waals surface area contributed by atoms with E-state index in [0.29, 0.717) is 18.5 Å². The fourth-order valence-corrected chi connectivity index (χ4v) is 2.80. The van der Waals surface area contributed by atoms with Crippen LogP contribution in [0.4, 0.5) is 0 Å². The summed E-state index contributed by atoms with van der Waals surface area (Å²) in [5, 5.41) is 2.94. The van der Waals surface area contributed by atoms with Gasteiger partial charge >= 0.3 is 0 Å². The molecule has 0 saturated carbocycles. The number of aromatic nitrogens is 2. The third kappa shape index (κ3) is 3.57. The van der Waals surface area contributed by atoms with Crippen molar-refractivity contribution in [3.63, 3.8) is 0 Å². The molecule has 0 aliphatic rings. The number of ether oxygens (including phenoxy) is 2. The fraction of sp³-hybridized carbons (Fsp3) is 0.263. The Morgan fingerprint density at radius 3 is 2.72 bits per heavy atom. The molecule has 0 saturated heterocycles. The normalized spacial score (nSPS) is 10.7. The minimum atomic E-state index is -0.116. The van der Waals surface area contributed by atoms with Gasteiger partial charge in [-0.2, -0.15) is 0 Å². The second kappa shape index (κ2) is 7.25. The van der Waals surface area contributed by atoms with Gasteiger partial charge in [-0.15, -0.1) is 0 Å². The van der Waals surface area contributed by atoms with Crippen LogP contribution in [0.3, 0.4) is 0 Å². The number of methoxy groups -OCH3 is 2. The summed E-state index contributed by atoms with van der Waals surface area (Å²) in [6.07, 6.45) is 2.27. The minimum absolute atomic E-state index is 0.116. The Labute approximate surface area is 146 Å². The van der Waals surface area contributed by atoms with Crippen LogP contribution in [-0.4, -0.2) is 36.6 Å². The number of rotatable bonds is 6. The Hall–Kier alpha value is -3.02. The smallest absolute Gasteiger partial charge is 0.251 e. The van der Waals surface area contributed by atoms with Crippen LogP contribution in [0, 0.1) is 6.92 Å². The molecule has 0 fully saturated rings. The molecule has 1 heterocycles. The zero-order valence-corrected chi connectivity index (χ0v) is 14.6. The lowest BCUT2D eigenvalue weighted by Crippen LogP contribution is -2.25. The molecule has 1 aromatic heterocycles. The molecule has 130 valence electrons. The lowest BCUT2D eigenvalue weighted by molar-refractivity contribution is 0.0954. The highest BCUT2D eigenvalue weighted by Crippen LogP contribution is 2.28. The van der Waals surface area contributed by atoms with E-state index >= 15 is 0 Å². The number of hydrogen-bond acceptors (Lipinski definition) is 4. The quantitative estimate of drug-likeness (QED) is 0.724. The summed E-state index contributed by atoms with van der Waals surface area (Å²) in [6.45, 7) is 2.47. The van der Waals surface area contributed by atoms with E-state index in [2.05, 4.69) is 15.3 Å². The fourth-order valence-electron chi connectivity index (χ4n) is 2.80. The first-order valence-corrected chi connectivity index (χ1v) is 8.05. The van der Waals surface area contributed by atoms with Gasteiger partial charge in [-0.1, -0.05) is 0 Å². The molecule has 3 rings (SSSR count). The number of fused-ring (bicyclic) bond motifs is 1. The largest absolute Gasteiger partial charge is 0.496 e. The van der Waals surface area contributed by atoms with Gasteiger partial charge < -0.3 is 19.8 Å². The van der Waals surface area contributed by atoms with Crippen molar-refractivity contribution in [2.75, 3.05) is 20.8 Å². The van der Waals surface area contributed by atoms with E-state index in [1.54, 1.807) is 32.7 Å². The summed E-state index contributed by atoms with van der Waals surface area (Å²) in [7, 11) is 3.29. The van der Waals surface area contributed by atoms with Crippen molar-refractivity contribution in [2.45, 2.75) is 13.3 Å². The van der Waals surface area contributed by atoms with Gasteiger partial charge in [0.1, 0.15) is 11.5 Å². The van der Waals surface area contributed by atoms with Crippen LogP contribution in [0.15, 0.2) is 36.7 Å². The molecule has 2 N–H and O–H groups in total. The Morgan fingerprint density at radius 2 is 1.96 bits per heavy atom. The number of aromatic amines is 1. The minimum Gasteiger partial charge on any atom is -0.496 e.